The monoisotopic (exact) mass is 387 g/mol. The van der Waals surface area contributed by atoms with Crippen molar-refractivity contribution in [3.8, 4) is 0 Å². The highest BCUT2D eigenvalue weighted by atomic mass is 32.2. The Balaban J connectivity index is 2.05. The van der Waals surface area contributed by atoms with Crippen LogP contribution in [0.25, 0.3) is 0 Å². The van der Waals surface area contributed by atoms with Gasteiger partial charge < -0.3 is 14.5 Å². The molecule has 2 amide bonds. The Morgan fingerprint density at radius 1 is 1.15 bits per heavy atom. The summed E-state index contributed by atoms with van der Waals surface area (Å²) in [6.45, 7) is 2.58. The number of hydrogen-bond donors (Lipinski definition) is 0. The van der Waals surface area contributed by atoms with Gasteiger partial charge in [0.05, 0.1) is 18.6 Å². The maximum Gasteiger partial charge on any atom is 0.409 e. The third-order valence-corrected chi connectivity index (χ3v) is 5.09. The van der Waals surface area contributed by atoms with Crippen molar-refractivity contribution < 1.29 is 27.1 Å². The number of para-hydroxylation sites is 1. The molecule has 26 heavy (non-hydrogen) atoms. The Labute approximate surface area is 152 Å². The van der Waals surface area contributed by atoms with Gasteiger partial charge in [-0.2, -0.15) is 0 Å². The lowest BCUT2D eigenvalue weighted by Crippen LogP contribution is -2.53. The zero-order chi connectivity index (χ0) is 19.3. The molecule has 144 valence electrons. The van der Waals surface area contributed by atoms with Gasteiger partial charge in [-0.15, -0.1) is 0 Å². The van der Waals surface area contributed by atoms with Crippen LogP contribution in [0.1, 0.15) is 6.92 Å². The van der Waals surface area contributed by atoms with Gasteiger partial charge in [-0.05, 0) is 19.1 Å². The average molecular weight is 387 g/mol. The van der Waals surface area contributed by atoms with Crippen molar-refractivity contribution in [1.82, 2.24) is 9.80 Å². The smallest absolute Gasteiger partial charge is 0.409 e. The van der Waals surface area contributed by atoms with Crippen molar-refractivity contribution in [3.05, 3.63) is 30.1 Å². The molecular weight excluding hydrogens is 365 g/mol. The van der Waals surface area contributed by atoms with Gasteiger partial charge in [0.1, 0.15) is 12.4 Å². The Morgan fingerprint density at radius 3 is 2.27 bits per heavy atom. The van der Waals surface area contributed by atoms with Crippen LogP contribution in [0.4, 0.5) is 14.9 Å². The SMILES string of the molecule is CCOC(=O)N1CCN(C(=O)CN(c2ccccc2F)S(C)(=O)=O)CC1. The number of halogens is 1. The van der Waals surface area contributed by atoms with E-state index in [4.69, 9.17) is 4.74 Å². The summed E-state index contributed by atoms with van der Waals surface area (Å²) in [6, 6.07) is 5.38. The lowest BCUT2D eigenvalue weighted by atomic mass is 10.3. The van der Waals surface area contributed by atoms with Gasteiger partial charge in [0.15, 0.2) is 0 Å². The molecule has 1 saturated heterocycles. The molecule has 0 spiro atoms. The molecule has 1 aliphatic heterocycles. The molecule has 10 heteroatoms. The number of hydrogen-bond acceptors (Lipinski definition) is 5. The Hall–Kier alpha value is -2.36. The van der Waals surface area contributed by atoms with Gasteiger partial charge in [-0.3, -0.25) is 9.10 Å². The van der Waals surface area contributed by atoms with E-state index in [0.29, 0.717) is 13.1 Å². The highest BCUT2D eigenvalue weighted by Gasteiger charge is 2.29. The number of rotatable bonds is 5. The molecule has 0 atom stereocenters. The largest absolute Gasteiger partial charge is 0.450 e. The highest BCUT2D eigenvalue weighted by Crippen LogP contribution is 2.21. The molecule has 1 aromatic rings. The zero-order valence-corrected chi connectivity index (χ0v) is 15.5. The molecule has 0 saturated carbocycles. The van der Waals surface area contributed by atoms with Crippen molar-refractivity contribution in [2.75, 3.05) is 49.9 Å². The Morgan fingerprint density at radius 2 is 1.73 bits per heavy atom. The number of amides is 2. The zero-order valence-electron chi connectivity index (χ0n) is 14.7. The van der Waals surface area contributed by atoms with E-state index in [9.17, 15) is 22.4 Å². The minimum atomic E-state index is -3.84. The number of nitrogens with zero attached hydrogens (tertiary/aromatic N) is 3. The first-order chi connectivity index (χ1) is 12.2. The van der Waals surface area contributed by atoms with Crippen LogP contribution in [-0.4, -0.2) is 75.8 Å². The van der Waals surface area contributed by atoms with E-state index in [0.717, 1.165) is 16.6 Å². The molecule has 1 fully saturated rings. The topological polar surface area (TPSA) is 87.2 Å². The summed E-state index contributed by atoms with van der Waals surface area (Å²) >= 11 is 0. The molecule has 0 radical (unpaired) electrons. The predicted octanol–water partition coefficient (Wildman–Crippen LogP) is 0.892. The molecule has 0 unspecified atom stereocenters. The maximum absolute atomic E-state index is 14.0. The molecule has 0 aliphatic carbocycles. The lowest BCUT2D eigenvalue weighted by Gasteiger charge is -2.35. The molecular formula is C16H22FN3O5S. The van der Waals surface area contributed by atoms with Crippen LogP contribution in [0.2, 0.25) is 0 Å². The van der Waals surface area contributed by atoms with Crippen LogP contribution in [0.3, 0.4) is 0 Å². The fourth-order valence-electron chi connectivity index (χ4n) is 2.61. The molecule has 1 aliphatic rings. The van der Waals surface area contributed by atoms with E-state index < -0.39 is 34.4 Å². The van der Waals surface area contributed by atoms with Crippen LogP contribution in [0.5, 0.6) is 0 Å². The van der Waals surface area contributed by atoms with Crippen molar-refractivity contribution >= 4 is 27.7 Å². The number of piperazine rings is 1. The van der Waals surface area contributed by atoms with Crippen molar-refractivity contribution in [3.63, 3.8) is 0 Å². The second kappa shape index (κ2) is 8.35. The molecule has 1 heterocycles. The van der Waals surface area contributed by atoms with Crippen molar-refractivity contribution in [2.24, 2.45) is 0 Å². The van der Waals surface area contributed by atoms with Crippen LogP contribution in [0.15, 0.2) is 24.3 Å². The maximum atomic E-state index is 14.0. The van der Waals surface area contributed by atoms with E-state index in [2.05, 4.69) is 0 Å². The number of carbonyl (C=O) groups is 2. The highest BCUT2D eigenvalue weighted by molar-refractivity contribution is 7.92. The summed E-state index contributed by atoms with van der Waals surface area (Å²) in [7, 11) is -3.84. The Kier molecular flexibility index (Phi) is 6.41. The summed E-state index contributed by atoms with van der Waals surface area (Å²) in [4.78, 5) is 27.1. The first-order valence-electron chi connectivity index (χ1n) is 8.15. The van der Waals surface area contributed by atoms with Gasteiger partial charge in [0.25, 0.3) is 0 Å². The summed E-state index contributed by atoms with van der Waals surface area (Å²) in [6.07, 6.45) is 0.481. The number of anilines is 1. The number of sulfonamides is 1. The van der Waals surface area contributed by atoms with E-state index in [1.165, 1.54) is 28.0 Å². The molecule has 1 aromatic carbocycles. The van der Waals surface area contributed by atoms with Gasteiger partial charge in [-0.1, -0.05) is 12.1 Å². The standard InChI is InChI=1S/C16H22FN3O5S/c1-3-25-16(22)19-10-8-18(9-11-19)15(21)12-20(26(2,23)24)14-7-5-4-6-13(14)17/h4-7H,3,8-12H2,1-2H3. The molecule has 2 rings (SSSR count). The van der Waals surface area contributed by atoms with Crippen molar-refractivity contribution in [2.45, 2.75) is 6.92 Å². The fraction of sp³-hybridized carbons (Fsp3) is 0.500. The number of carbonyl (C=O) groups excluding carboxylic acids is 2. The van der Waals surface area contributed by atoms with Crippen LogP contribution < -0.4 is 4.31 Å². The van der Waals surface area contributed by atoms with E-state index in [1.807, 2.05) is 0 Å². The molecule has 0 bridgehead atoms. The summed E-state index contributed by atoms with van der Waals surface area (Å²) < 4.78 is 43.7. The minimum Gasteiger partial charge on any atom is -0.450 e. The quantitative estimate of drug-likeness (QED) is 0.749. The Bertz CT molecular complexity index is 763. The molecule has 0 N–H and O–H groups in total. The summed E-state index contributed by atoms with van der Waals surface area (Å²) in [5, 5.41) is 0. The second-order valence-electron chi connectivity index (χ2n) is 5.79. The second-order valence-corrected chi connectivity index (χ2v) is 7.69. The van der Waals surface area contributed by atoms with E-state index >= 15 is 0 Å². The number of benzene rings is 1. The van der Waals surface area contributed by atoms with Crippen LogP contribution in [-0.2, 0) is 19.6 Å². The third-order valence-electron chi connectivity index (χ3n) is 3.96. The predicted molar refractivity (Wildman–Crippen MR) is 93.8 cm³/mol. The van der Waals surface area contributed by atoms with E-state index in [-0.39, 0.29) is 25.4 Å². The van der Waals surface area contributed by atoms with Gasteiger partial charge in [0, 0.05) is 26.2 Å². The summed E-state index contributed by atoms with van der Waals surface area (Å²) in [5.41, 5.74) is -0.173. The van der Waals surface area contributed by atoms with E-state index in [1.54, 1.807) is 6.92 Å². The number of ether oxygens (including phenoxy) is 1. The first kappa shape index (κ1) is 20.0. The van der Waals surface area contributed by atoms with Gasteiger partial charge in [-0.25, -0.2) is 17.6 Å². The summed E-state index contributed by atoms with van der Waals surface area (Å²) in [5.74, 6) is -1.18. The third kappa shape index (κ3) is 4.84. The van der Waals surface area contributed by atoms with Crippen LogP contribution >= 0.6 is 0 Å². The van der Waals surface area contributed by atoms with Crippen LogP contribution in [0, 0.1) is 5.82 Å². The minimum absolute atomic E-state index is 0.173. The fourth-order valence-corrected chi connectivity index (χ4v) is 3.46. The van der Waals surface area contributed by atoms with Gasteiger partial charge in [0.2, 0.25) is 15.9 Å². The molecule has 0 aromatic heterocycles. The first-order valence-corrected chi connectivity index (χ1v) is 10.0. The lowest BCUT2D eigenvalue weighted by molar-refractivity contribution is -0.131. The molecule has 8 nitrogen and oxygen atoms in total. The van der Waals surface area contributed by atoms with Gasteiger partial charge >= 0.3 is 6.09 Å². The van der Waals surface area contributed by atoms with Crippen molar-refractivity contribution in [1.29, 1.82) is 0 Å². The average Bonchev–Trinajstić information content (AvgIpc) is 2.59. The normalized spacial score (nSPS) is 14.9.